The summed E-state index contributed by atoms with van der Waals surface area (Å²) in [6, 6.07) is 0.719. The summed E-state index contributed by atoms with van der Waals surface area (Å²) in [7, 11) is 0. The molecule has 2 atom stereocenters. The van der Waals surface area contributed by atoms with E-state index in [1.54, 1.807) is 0 Å². The molecule has 110 valence electrons. The van der Waals surface area contributed by atoms with Crippen molar-refractivity contribution in [1.82, 2.24) is 10.2 Å². The van der Waals surface area contributed by atoms with Gasteiger partial charge in [-0.2, -0.15) is 0 Å². The van der Waals surface area contributed by atoms with E-state index in [4.69, 9.17) is 4.99 Å². The number of hydrogen-bond acceptors (Lipinski definition) is 3. The number of nitrogens with zero attached hydrogens (tertiary/aromatic N) is 2. The number of fused-ring (bicyclic) bond motifs is 1. The first-order valence-corrected chi connectivity index (χ1v) is 8.98. The van der Waals surface area contributed by atoms with Crippen molar-refractivity contribution >= 4 is 16.9 Å². The summed E-state index contributed by atoms with van der Waals surface area (Å²) >= 11 is 1.94. The van der Waals surface area contributed by atoms with Crippen molar-refractivity contribution in [2.45, 2.75) is 52.0 Å². The van der Waals surface area contributed by atoms with Crippen LogP contribution in [-0.2, 0) is 0 Å². The van der Waals surface area contributed by atoms with E-state index < -0.39 is 0 Å². The van der Waals surface area contributed by atoms with Gasteiger partial charge in [-0.05, 0) is 44.8 Å². The predicted octanol–water partition coefficient (Wildman–Crippen LogP) is 2.97. The maximum absolute atomic E-state index is 4.76. The van der Waals surface area contributed by atoms with E-state index in [1.807, 2.05) is 11.8 Å². The monoisotopic (exact) mass is 283 g/mol. The normalized spacial score (nSPS) is 29.3. The molecule has 1 heterocycles. The summed E-state index contributed by atoms with van der Waals surface area (Å²) in [6.45, 7) is 8.94. The Kier molecular flexibility index (Phi) is 6.51. The van der Waals surface area contributed by atoms with Crippen LogP contribution < -0.4 is 5.32 Å². The zero-order valence-corrected chi connectivity index (χ0v) is 13.3. The van der Waals surface area contributed by atoms with Crippen molar-refractivity contribution in [3.05, 3.63) is 0 Å². The average molecular weight is 283 g/mol. The molecule has 1 aliphatic heterocycles. The Balaban J connectivity index is 1.68. The molecule has 1 saturated carbocycles. The van der Waals surface area contributed by atoms with Crippen LogP contribution in [0.4, 0.5) is 0 Å². The zero-order valence-electron chi connectivity index (χ0n) is 12.5. The summed E-state index contributed by atoms with van der Waals surface area (Å²) < 4.78 is 0. The molecule has 0 spiro atoms. The maximum Gasteiger partial charge on any atom is 0.156 e. The summed E-state index contributed by atoms with van der Waals surface area (Å²) in [5.74, 6) is 2.18. The largest absolute Gasteiger partial charge is 0.362 e. The average Bonchev–Trinajstić information content (AvgIpc) is 2.47. The van der Waals surface area contributed by atoms with Gasteiger partial charge in [-0.3, -0.25) is 4.99 Å². The molecule has 0 aromatic heterocycles. The van der Waals surface area contributed by atoms with Crippen LogP contribution in [0.1, 0.15) is 46.0 Å². The number of rotatable bonds is 6. The third kappa shape index (κ3) is 4.67. The minimum Gasteiger partial charge on any atom is -0.362 e. The number of hydrogen-bond donors (Lipinski definition) is 1. The summed E-state index contributed by atoms with van der Waals surface area (Å²) in [6.07, 6.45) is 6.78. The molecule has 0 bridgehead atoms. The van der Waals surface area contributed by atoms with Crippen molar-refractivity contribution in [1.29, 1.82) is 0 Å². The molecule has 2 fully saturated rings. The number of thioether (sulfide) groups is 1. The van der Waals surface area contributed by atoms with Crippen molar-refractivity contribution < 1.29 is 0 Å². The standard InChI is InChI=1S/C15H29N3S/c1-3-18(4-2)11-7-10-16-15-17-14-9-6-5-8-13(14)12-19-15/h13-14H,3-12H2,1-2H3,(H,16,17). The molecule has 19 heavy (non-hydrogen) atoms. The van der Waals surface area contributed by atoms with Crippen LogP contribution in [0, 0.1) is 5.92 Å². The topological polar surface area (TPSA) is 27.6 Å². The lowest BCUT2D eigenvalue weighted by Gasteiger charge is -2.36. The molecule has 1 saturated heterocycles. The van der Waals surface area contributed by atoms with E-state index >= 15 is 0 Å². The Morgan fingerprint density at radius 1 is 1.26 bits per heavy atom. The van der Waals surface area contributed by atoms with Crippen LogP contribution in [0.2, 0.25) is 0 Å². The third-order valence-electron chi connectivity index (χ3n) is 4.43. The van der Waals surface area contributed by atoms with Gasteiger partial charge in [-0.15, -0.1) is 0 Å². The smallest absolute Gasteiger partial charge is 0.156 e. The molecule has 2 unspecified atom stereocenters. The molecular weight excluding hydrogens is 254 g/mol. The minimum atomic E-state index is 0.719. The molecule has 0 amide bonds. The van der Waals surface area contributed by atoms with Gasteiger partial charge in [-0.25, -0.2) is 0 Å². The molecular formula is C15H29N3S. The molecule has 1 N–H and O–H groups in total. The third-order valence-corrected chi connectivity index (χ3v) is 5.55. The van der Waals surface area contributed by atoms with Crippen LogP contribution in [0.25, 0.3) is 0 Å². The van der Waals surface area contributed by atoms with Gasteiger partial charge in [0.15, 0.2) is 5.17 Å². The zero-order chi connectivity index (χ0) is 13.5. The molecule has 2 aliphatic rings. The first kappa shape index (κ1) is 15.2. The van der Waals surface area contributed by atoms with Crippen LogP contribution >= 0.6 is 11.8 Å². The first-order valence-electron chi connectivity index (χ1n) is 7.99. The minimum absolute atomic E-state index is 0.719. The number of nitrogens with one attached hydrogen (secondary N) is 1. The number of amidine groups is 1. The van der Waals surface area contributed by atoms with Crippen LogP contribution in [0.3, 0.4) is 0 Å². The molecule has 0 aromatic rings. The van der Waals surface area contributed by atoms with Gasteiger partial charge in [0.25, 0.3) is 0 Å². The lowest BCUT2D eigenvalue weighted by Crippen LogP contribution is -2.46. The highest BCUT2D eigenvalue weighted by molar-refractivity contribution is 8.13. The fourth-order valence-electron chi connectivity index (χ4n) is 3.09. The van der Waals surface area contributed by atoms with Gasteiger partial charge in [0.1, 0.15) is 0 Å². The fourth-order valence-corrected chi connectivity index (χ4v) is 4.28. The summed E-state index contributed by atoms with van der Waals surface area (Å²) in [5.41, 5.74) is 0. The van der Waals surface area contributed by atoms with E-state index in [2.05, 4.69) is 24.1 Å². The molecule has 0 radical (unpaired) electrons. The SMILES string of the molecule is CCN(CC)CCCN=C1NC2CCCCC2CS1. The van der Waals surface area contributed by atoms with Gasteiger partial charge >= 0.3 is 0 Å². The van der Waals surface area contributed by atoms with Crippen LogP contribution in [-0.4, -0.2) is 48.0 Å². The van der Waals surface area contributed by atoms with Gasteiger partial charge in [0.2, 0.25) is 0 Å². The lowest BCUT2D eigenvalue weighted by atomic mass is 9.86. The van der Waals surface area contributed by atoms with Gasteiger partial charge < -0.3 is 10.2 Å². The number of aliphatic imine (C=N–C) groups is 1. The second-order valence-corrected chi connectivity index (χ2v) is 6.68. The summed E-state index contributed by atoms with van der Waals surface area (Å²) in [5, 5.41) is 4.88. The Morgan fingerprint density at radius 3 is 2.84 bits per heavy atom. The molecule has 0 aromatic carbocycles. The van der Waals surface area contributed by atoms with Crippen LogP contribution in [0.15, 0.2) is 4.99 Å². The van der Waals surface area contributed by atoms with Crippen molar-refractivity contribution in [3.8, 4) is 0 Å². The Hall–Kier alpha value is -0.220. The highest BCUT2D eigenvalue weighted by Crippen LogP contribution is 2.31. The summed E-state index contributed by atoms with van der Waals surface area (Å²) in [4.78, 5) is 7.23. The highest BCUT2D eigenvalue weighted by atomic mass is 32.2. The molecule has 1 aliphatic carbocycles. The Labute approximate surface area is 122 Å². The van der Waals surface area contributed by atoms with E-state index in [1.165, 1.54) is 49.6 Å². The Bertz CT molecular complexity index is 289. The van der Waals surface area contributed by atoms with E-state index in [0.29, 0.717) is 0 Å². The maximum atomic E-state index is 4.76. The van der Waals surface area contributed by atoms with E-state index in [-0.39, 0.29) is 0 Å². The Morgan fingerprint density at radius 2 is 2.05 bits per heavy atom. The fraction of sp³-hybridized carbons (Fsp3) is 0.933. The van der Waals surface area contributed by atoms with E-state index in [9.17, 15) is 0 Å². The second-order valence-electron chi connectivity index (χ2n) is 5.67. The van der Waals surface area contributed by atoms with Crippen LogP contribution in [0.5, 0.6) is 0 Å². The van der Waals surface area contributed by atoms with Crippen molar-refractivity contribution in [3.63, 3.8) is 0 Å². The quantitative estimate of drug-likeness (QED) is 0.760. The van der Waals surface area contributed by atoms with Gasteiger partial charge in [-0.1, -0.05) is 38.5 Å². The van der Waals surface area contributed by atoms with Gasteiger partial charge in [0, 0.05) is 18.3 Å². The van der Waals surface area contributed by atoms with Crippen molar-refractivity contribution in [2.75, 3.05) is 31.9 Å². The first-order chi connectivity index (χ1) is 9.33. The molecule has 4 heteroatoms. The second kappa shape index (κ2) is 8.15. The highest BCUT2D eigenvalue weighted by Gasteiger charge is 2.29. The molecule has 2 rings (SSSR count). The van der Waals surface area contributed by atoms with E-state index in [0.717, 1.165) is 31.6 Å². The van der Waals surface area contributed by atoms with Crippen molar-refractivity contribution in [2.24, 2.45) is 10.9 Å². The van der Waals surface area contributed by atoms with Gasteiger partial charge in [0.05, 0.1) is 0 Å². The lowest BCUT2D eigenvalue weighted by molar-refractivity contribution is 0.301. The predicted molar refractivity (Wildman–Crippen MR) is 86.0 cm³/mol. The molecule has 3 nitrogen and oxygen atoms in total.